The summed E-state index contributed by atoms with van der Waals surface area (Å²) in [6.45, 7) is 8.94. The smallest absolute Gasteiger partial charge is 0.312 e. The van der Waals surface area contributed by atoms with E-state index in [0.29, 0.717) is 25.8 Å². The van der Waals surface area contributed by atoms with Gasteiger partial charge in [0.05, 0.1) is 32.1 Å². The second-order valence-electron chi connectivity index (χ2n) is 10.4. The lowest BCUT2D eigenvalue weighted by Gasteiger charge is -2.44. The minimum Gasteiger partial charge on any atom is -0.550 e. The molecule has 0 aliphatic heterocycles. The Bertz CT molecular complexity index is 588. The maximum absolute atomic E-state index is 11.9. The van der Waals surface area contributed by atoms with Crippen LogP contribution in [0.15, 0.2) is 12.2 Å². The molecule has 0 aliphatic carbocycles. The van der Waals surface area contributed by atoms with Crippen LogP contribution >= 0.6 is 0 Å². The van der Waals surface area contributed by atoms with Gasteiger partial charge in [-0.2, -0.15) is 0 Å². The molecule has 0 rings (SSSR count). The molecule has 210 valence electrons. The molecule has 0 saturated carbocycles. The second-order valence-corrected chi connectivity index (χ2v) is 10.4. The zero-order valence-electron chi connectivity index (χ0n) is 23.4. The standard InChI is InChI=1S/C29H53NO6/c1-5-9-10-11-12-13-14-15-16-17-18-19-20-30(21-24(6-2)27(31)32,22-25(7-3)28(33)34)23-26(8-4)29(35)36/h11-12,24-26H,5-10,13-23H2,1-4H3,(H2-,31,32,33,34,35,36)/b12-11+. The first kappa shape index (κ1) is 34.1. The molecule has 7 heteroatoms. The third-order valence-electron chi connectivity index (χ3n) is 7.48. The van der Waals surface area contributed by atoms with E-state index in [-0.39, 0.29) is 24.1 Å². The Morgan fingerprint density at radius 2 is 1.08 bits per heavy atom. The van der Waals surface area contributed by atoms with Crippen LogP contribution in [-0.2, 0) is 14.4 Å². The number of carbonyl (C=O) groups excluding carboxylic acids is 1. The highest BCUT2D eigenvalue weighted by molar-refractivity contribution is 5.70. The topological polar surface area (TPSA) is 115 Å². The first-order chi connectivity index (χ1) is 17.2. The molecule has 0 spiro atoms. The van der Waals surface area contributed by atoms with Crippen LogP contribution < -0.4 is 5.11 Å². The number of hydrogen-bond acceptors (Lipinski definition) is 4. The quantitative estimate of drug-likeness (QED) is 0.104. The highest BCUT2D eigenvalue weighted by Crippen LogP contribution is 2.25. The summed E-state index contributed by atoms with van der Waals surface area (Å²) < 4.78 is 0.213. The Morgan fingerprint density at radius 3 is 1.50 bits per heavy atom. The molecular formula is C29H53NO6. The molecule has 0 aromatic carbocycles. The van der Waals surface area contributed by atoms with Gasteiger partial charge in [0.25, 0.3) is 0 Å². The maximum atomic E-state index is 11.9. The van der Waals surface area contributed by atoms with Crippen molar-refractivity contribution in [1.82, 2.24) is 0 Å². The fourth-order valence-electron chi connectivity index (χ4n) is 5.01. The van der Waals surface area contributed by atoms with Crippen LogP contribution in [0.2, 0.25) is 0 Å². The van der Waals surface area contributed by atoms with E-state index in [9.17, 15) is 29.7 Å². The first-order valence-corrected chi connectivity index (χ1v) is 14.3. The van der Waals surface area contributed by atoms with Crippen molar-refractivity contribution in [3.63, 3.8) is 0 Å². The van der Waals surface area contributed by atoms with Crippen LogP contribution in [0.3, 0.4) is 0 Å². The number of allylic oxidation sites excluding steroid dienone is 2. The van der Waals surface area contributed by atoms with E-state index in [4.69, 9.17) is 0 Å². The van der Waals surface area contributed by atoms with E-state index >= 15 is 0 Å². The molecule has 36 heavy (non-hydrogen) atoms. The Hall–Kier alpha value is -1.89. The van der Waals surface area contributed by atoms with Crippen molar-refractivity contribution in [2.24, 2.45) is 17.8 Å². The molecule has 0 aromatic heterocycles. The van der Waals surface area contributed by atoms with E-state index in [0.717, 1.165) is 38.5 Å². The highest BCUT2D eigenvalue weighted by Gasteiger charge is 2.39. The van der Waals surface area contributed by atoms with Crippen LogP contribution in [0.5, 0.6) is 0 Å². The van der Waals surface area contributed by atoms with Crippen LogP contribution in [0, 0.1) is 17.8 Å². The SMILES string of the molecule is CCCC/C=C/CCCCCCCC[N+](CC(CC)C(=O)[O-])(CC(CC)C(=O)O)CC(CC)C(=O)O. The van der Waals surface area contributed by atoms with E-state index in [2.05, 4.69) is 19.1 Å². The Balaban J connectivity index is 5.25. The molecule has 7 nitrogen and oxygen atoms in total. The van der Waals surface area contributed by atoms with Crippen LogP contribution in [0.25, 0.3) is 0 Å². The summed E-state index contributed by atoms with van der Waals surface area (Å²) in [7, 11) is 0. The number of carboxylic acids is 3. The van der Waals surface area contributed by atoms with Gasteiger partial charge in [0.2, 0.25) is 0 Å². The molecule has 0 amide bonds. The lowest BCUT2D eigenvalue weighted by atomic mass is 9.95. The summed E-state index contributed by atoms with van der Waals surface area (Å²) in [4.78, 5) is 35.6. The Labute approximate surface area is 219 Å². The number of rotatable bonds is 24. The van der Waals surface area contributed by atoms with Crippen molar-refractivity contribution < 1.29 is 34.2 Å². The molecule has 0 aromatic rings. The van der Waals surface area contributed by atoms with Crippen molar-refractivity contribution >= 4 is 17.9 Å². The molecule has 0 saturated heterocycles. The fraction of sp³-hybridized carbons (Fsp3) is 0.828. The minimum atomic E-state index is -1.14. The normalized spacial score (nSPS) is 15.9. The first-order valence-electron chi connectivity index (χ1n) is 14.3. The number of quaternary nitrogens is 1. The van der Waals surface area contributed by atoms with Crippen molar-refractivity contribution in [3.8, 4) is 0 Å². The van der Waals surface area contributed by atoms with Crippen LogP contribution in [0.4, 0.5) is 0 Å². The highest BCUT2D eigenvalue weighted by atomic mass is 16.4. The van der Waals surface area contributed by atoms with Crippen molar-refractivity contribution in [1.29, 1.82) is 0 Å². The van der Waals surface area contributed by atoms with E-state index < -0.39 is 35.7 Å². The molecule has 3 unspecified atom stereocenters. The molecular weight excluding hydrogens is 458 g/mol. The van der Waals surface area contributed by atoms with Crippen molar-refractivity contribution in [3.05, 3.63) is 12.2 Å². The number of unbranched alkanes of at least 4 members (excludes halogenated alkanes) is 8. The predicted molar refractivity (Wildman–Crippen MR) is 142 cm³/mol. The van der Waals surface area contributed by atoms with Crippen molar-refractivity contribution in [2.45, 2.75) is 111 Å². The Kier molecular flexibility index (Phi) is 19.1. The molecule has 0 radical (unpaired) electrons. The molecule has 0 heterocycles. The van der Waals surface area contributed by atoms with Gasteiger partial charge in [-0.15, -0.1) is 0 Å². The summed E-state index contributed by atoms with van der Waals surface area (Å²) in [6.07, 6.45) is 16.9. The zero-order valence-corrected chi connectivity index (χ0v) is 23.4. The monoisotopic (exact) mass is 511 g/mol. The van der Waals surface area contributed by atoms with Gasteiger partial charge in [0.15, 0.2) is 0 Å². The third-order valence-corrected chi connectivity index (χ3v) is 7.48. The summed E-state index contributed by atoms with van der Waals surface area (Å²) in [5.74, 6) is -4.97. The van der Waals surface area contributed by atoms with Gasteiger partial charge in [-0.05, 0) is 51.4 Å². The van der Waals surface area contributed by atoms with Crippen LogP contribution in [0.1, 0.15) is 111 Å². The number of nitrogens with zero attached hydrogens (tertiary/aromatic N) is 1. The maximum Gasteiger partial charge on any atom is 0.312 e. The summed E-state index contributed by atoms with van der Waals surface area (Å²) in [5.41, 5.74) is 0. The van der Waals surface area contributed by atoms with Gasteiger partial charge in [0, 0.05) is 5.92 Å². The lowest BCUT2D eigenvalue weighted by molar-refractivity contribution is -0.935. The molecule has 0 aliphatic rings. The van der Waals surface area contributed by atoms with Crippen LogP contribution in [-0.4, -0.2) is 58.8 Å². The zero-order chi connectivity index (χ0) is 27.4. The number of aliphatic carboxylic acids is 3. The van der Waals surface area contributed by atoms with Crippen molar-refractivity contribution in [2.75, 3.05) is 26.2 Å². The summed E-state index contributed by atoms with van der Waals surface area (Å²) in [6, 6.07) is 0. The van der Waals surface area contributed by atoms with Gasteiger partial charge in [0.1, 0.15) is 11.8 Å². The lowest BCUT2D eigenvalue weighted by Crippen LogP contribution is -2.59. The van der Waals surface area contributed by atoms with Gasteiger partial charge in [-0.1, -0.05) is 72.0 Å². The molecule has 2 N–H and O–H groups in total. The van der Waals surface area contributed by atoms with Gasteiger partial charge in [-0.25, -0.2) is 0 Å². The van der Waals surface area contributed by atoms with E-state index in [1.165, 1.54) is 25.7 Å². The number of carbonyl (C=O) groups is 3. The Morgan fingerprint density at radius 1 is 0.667 bits per heavy atom. The second kappa shape index (κ2) is 20.2. The fourth-order valence-corrected chi connectivity index (χ4v) is 5.01. The average molecular weight is 512 g/mol. The van der Waals surface area contributed by atoms with E-state index in [1.54, 1.807) is 6.92 Å². The van der Waals surface area contributed by atoms with Gasteiger partial charge < -0.3 is 24.6 Å². The third kappa shape index (κ3) is 14.6. The summed E-state index contributed by atoms with van der Waals surface area (Å²) >= 11 is 0. The average Bonchev–Trinajstić information content (AvgIpc) is 2.84. The number of carboxylic acid groups (broad SMARTS) is 3. The molecule has 0 bridgehead atoms. The largest absolute Gasteiger partial charge is 0.550 e. The molecule has 3 atom stereocenters. The molecule has 0 fully saturated rings. The predicted octanol–water partition coefficient (Wildman–Crippen LogP) is 5.28. The van der Waals surface area contributed by atoms with E-state index in [1.807, 2.05) is 13.8 Å². The van der Waals surface area contributed by atoms with Gasteiger partial charge in [-0.3, -0.25) is 9.59 Å². The minimum absolute atomic E-state index is 0.213. The van der Waals surface area contributed by atoms with Gasteiger partial charge >= 0.3 is 11.9 Å². The number of hydrogen-bond donors (Lipinski definition) is 2. The summed E-state index contributed by atoms with van der Waals surface area (Å²) in [5, 5.41) is 31.3.